The van der Waals surface area contributed by atoms with Gasteiger partial charge in [0.05, 0.1) is 19.1 Å². The average Bonchev–Trinajstić information content (AvgIpc) is 2.17. The molecule has 1 atom stereocenters. The molecule has 0 spiro atoms. The Morgan fingerprint density at radius 1 is 1.25 bits per heavy atom. The molecule has 0 bridgehead atoms. The summed E-state index contributed by atoms with van der Waals surface area (Å²) in [5.74, 6) is 0.736. The number of ether oxygens (including phenoxy) is 2. The minimum Gasteiger partial charge on any atom is -0.457 e. The van der Waals surface area contributed by atoms with Gasteiger partial charge >= 0.3 is 5.97 Å². The molecular weight excluding hydrogens is 204 g/mol. The van der Waals surface area contributed by atoms with Crippen LogP contribution in [-0.4, -0.2) is 25.3 Å². The molecule has 3 nitrogen and oxygen atoms in total. The Bertz CT molecular complexity index is 209. The first kappa shape index (κ1) is 13.5. The van der Waals surface area contributed by atoms with Crippen LogP contribution in [0.15, 0.2) is 0 Å². The van der Waals surface area contributed by atoms with Crippen LogP contribution in [0.25, 0.3) is 0 Å². The number of rotatable bonds is 7. The van der Waals surface area contributed by atoms with Crippen LogP contribution >= 0.6 is 0 Å². The van der Waals surface area contributed by atoms with Gasteiger partial charge in [-0.15, -0.1) is 0 Å². The second-order valence-corrected chi connectivity index (χ2v) is 5.18. The highest BCUT2D eigenvalue weighted by molar-refractivity contribution is 5.72. The molecule has 0 radical (unpaired) electrons. The largest absolute Gasteiger partial charge is 0.457 e. The number of hydrogen-bond donors (Lipinski definition) is 0. The zero-order valence-electron chi connectivity index (χ0n) is 10.7. The van der Waals surface area contributed by atoms with Crippen molar-refractivity contribution < 1.29 is 14.3 Å². The van der Waals surface area contributed by atoms with E-state index in [0.29, 0.717) is 13.2 Å². The minimum absolute atomic E-state index is 0.0191. The molecule has 1 rings (SSSR count). The number of hydrogen-bond acceptors (Lipinski definition) is 3. The fraction of sp³-hybridized carbons (Fsp3) is 0.923. The van der Waals surface area contributed by atoms with E-state index in [4.69, 9.17) is 9.47 Å². The summed E-state index contributed by atoms with van der Waals surface area (Å²) in [5.41, 5.74) is 0. The van der Waals surface area contributed by atoms with Gasteiger partial charge in [0, 0.05) is 0 Å². The lowest BCUT2D eigenvalue weighted by Crippen LogP contribution is -2.39. The van der Waals surface area contributed by atoms with Crippen LogP contribution in [0, 0.1) is 11.8 Å². The highest BCUT2D eigenvalue weighted by Crippen LogP contribution is 2.16. The molecule has 0 aromatic rings. The molecular formula is C13H24O3. The van der Waals surface area contributed by atoms with Gasteiger partial charge in [0.1, 0.15) is 6.10 Å². The van der Waals surface area contributed by atoms with Gasteiger partial charge in [-0.05, 0) is 12.3 Å². The highest BCUT2D eigenvalue weighted by Gasteiger charge is 2.25. The molecule has 1 fully saturated rings. The quantitative estimate of drug-likeness (QED) is 0.496. The van der Waals surface area contributed by atoms with Gasteiger partial charge in [-0.3, -0.25) is 4.79 Å². The van der Waals surface area contributed by atoms with Crippen LogP contribution < -0.4 is 0 Å². The standard InChI is InChI=1S/C13H24O3/c1-10(2)6-4-5-7-11(3)13(14)16-12-8-15-9-12/h10-12H,4-9H2,1-3H3. The van der Waals surface area contributed by atoms with Crippen molar-refractivity contribution >= 4 is 5.97 Å². The maximum atomic E-state index is 11.6. The molecule has 1 unspecified atom stereocenters. The first-order valence-corrected chi connectivity index (χ1v) is 6.38. The number of esters is 1. The lowest BCUT2D eigenvalue weighted by Gasteiger charge is -2.26. The van der Waals surface area contributed by atoms with Gasteiger partial charge in [0.25, 0.3) is 0 Å². The Kier molecular flexibility index (Phi) is 5.81. The number of unbranched alkanes of at least 4 members (excludes halogenated alkanes) is 1. The predicted octanol–water partition coefficient (Wildman–Crippen LogP) is 2.78. The Morgan fingerprint density at radius 2 is 1.88 bits per heavy atom. The van der Waals surface area contributed by atoms with Crippen LogP contribution in [-0.2, 0) is 14.3 Å². The van der Waals surface area contributed by atoms with E-state index in [9.17, 15) is 4.79 Å². The molecule has 0 aromatic carbocycles. The summed E-state index contributed by atoms with van der Waals surface area (Å²) < 4.78 is 10.2. The third kappa shape index (κ3) is 4.97. The molecule has 3 heteroatoms. The summed E-state index contributed by atoms with van der Waals surface area (Å²) in [6, 6.07) is 0. The van der Waals surface area contributed by atoms with E-state index in [1.54, 1.807) is 0 Å². The van der Waals surface area contributed by atoms with Crippen molar-refractivity contribution in [1.29, 1.82) is 0 Å². The Morgan fingerprint density at radius 3 is 2.38 bits per heavy atom. The summed E-state index contributed by atoms with van der Waals surface area (Å²) in [4.78, 5) is 11.6. The van der Waals surface area contributed by atoms with E-state index >= 15 is 0 Å². The SMILES string of the molecule is CC(C)CCCCC(C)C(=O)OC1COC1. The van der Waals surface area contributed by atoms with Crippen molar-refractivity contribution in [3.63, 3.8) is 0 Å². The zero-order chi connectivity index (χ0) is 12.0. The van der Waals surface area contributed by atoms with Gasteiger partial charge in [-0.25, -0.2) is 0 Å². The van der Waals surface area contributed by atoms with E-state index in [-0.39, 0.29) is 18.0 Å². The van der Waals surface area contributed by atoms with Crippen LogP contribution in [0.1, 0.15) is 46.5 Å². The summed E-state index contributed by atoms with van der Waals surface area (Å²) in [7, 11) is 0. The highest BCUT2D eigenvalue weighted by atomic mass is 16.6. The van der Waals surface area contributed by atoms with Crippen molar-refractivity contribution in [2.24, 2.45) is 11.8 Å². The van der Waals surface area contributed by atoms with Crippen LogP contribution in [0.4, 0.5) is 0 Å². The average molecular weight is 228 g/mol. The van der Waals surface area contributed by atoms with Crippen molar-refractivity contribution in [3.05, 3.63) is 0 Å². The number of carbonyl (C=O) groups excluding carboxylic acids is 1. The first-order valence-electron chi connectivity index (χ1n) is 6.38. The zero-order valence-corrected chi connectivity index (χ0v) is 10.7. The topological polar surface area (TPSA) is 35.5 Å². The van der Waals surface area contributed by atoms with E-state index in [1.165, 1.54) is 12.8 Å². The van der Waals surface area contributed by atoms with Gasteiger partial charge in [-0.2, -0.15) is 0 Å². The minimum atomic E-state index is -0.0575. The third-order valence-corrected chi connectivity index (χ3v) is 2.96. The molecule has 0 saturated carbocycles. The molecule has 1 aliphatic rings. The lowest BCUT2D eigenvalue weighted by molar-refractivity contribution is -0.176. The summed E-state index contributed by atoms with van der Waals surface area (Å²) in [5, 5.41) is 0. The van der Waals surface area contributed by atoms with E-state index < -0.39 is 0 Å². The van der Waals surface area contributed by atoms with E-state index in [2.05, 4.69) is 13.8 Å². The molecule has 0 amide bonds. The van der Waals surface area contributed by atoms with Gasteiger partial charge < -0.3 is 9.47 Å². The Hall–Kier alpha value is -0.570. The van der Waals surface area contributed by atoms with Crippen LogP contribution in [0.2, 0.25) is 0 Å². The molecule has 1 heterocycles. The van der Waals surface area contributed by atoms with Crippen LogP contribution in [0.3, 0.4) is 0 Å². The van der Waals surface area contributed by atoms with Crippen LogP contribution in [0.5, 0.6) is 0 Å². The molecule has 1 saturated heterocycles. The van der Waals surface area contributed by atoms with Crippen molar-refractivity contribution in [2.75, 3.05) is 13.2 Å². The van der Waals surface area contributed by atoms with Crippen molar-refractivity contribution in [1.82, 2.24) is 0 Å². The maximum absolute atomic E-state index is 11.6. The smallest absolute Gasteiger partial charge is 0.309 e. The summed E-state index contributed by atoms with van der Waals surface area (Å²) in [6.07, 6.45) is 4.54. The normalized spacial score (nSPS) is 18.2. The monoisotopic (exact) mass is 228 g/mol. The van der Waals surface area contributed by atoms with Gasteiger partial charge in [0.2, 0.25) is 0 Å². The number of carbonyl (C=O) groups is 1. The van der Waals surface area contributed by atoms with E-state index in [0.717, 1.165) is 18.8 Å². The Labute approximate surface area is 98.5 Å². The molecule has 16 heavy (non-hydrogen) atoms. The molecule has 0 aliphatic carbocycles. The second-order valence-electron chi connectivity index (χ2n) is 5.18. The first-order chi connectivity index (χ1) is 7.59. The van der Waals surface area contributed by atoms with Gasteiger partial charge in [0.15, 0.2) is 0 Å². The summed E-state index contributed by atoms with van der Waals surface area (Å²) in [6.45, 7) is 7.57. The maximum Gasteiger partial charge on any atom is 0.309 e. The molecule has 0 aromatic heterocycles. The lowest BCUT2D eigenvalue weighted by atomic mass is 10.00. The van der Waals surface area contributed by atoms with Crippen molar-refractivity contribution in [2.45, 2.75) is 52.6 Å². The third-order valence-electron chi connectivity index (χ3n) is 2.96. The fourth-order valence-electron chi connectivity index (χ4n) is 1.68. The van der Waals surface area contributed by atoms with Crippen molar-refractivity contribution in [3.8, 4) is 0 Å². The Balaban J connectivity index is 2.03. The molecule has 0 N–H and O–H groups in total. The summed E-state index contributed by atoms with van der Waals surface area (Å²) >= 11 is 0. The fourth-order valence-corrected chi connectivity index (χ4v) is 1.68. The van der Waals surface area contributed by atoms with E-state index in [1.807, 2.05) is 6.92 Å². The molecule has 1 aliphatic heterocycles. The molecule has 94 valence electrons. The van der Waals surface area contributed by atoms with Gasteiger partial charge in [-0.1, -0.05) is 40.0 Å². The second kappa shape index (κ2) is 6.89. The predicted molar refractivity (Wildman–Crippen MR) is 63.2 cm³/mol.